The van der Waals surface area contributed by atoms with Gasteiger partial charge in [-0.25, -0.2) is 4.98 Å². The van der Waals surface area contributed by atoms with E-state index in [9.17, 15) is 13.2 Å². The summed E-state index contributed by atoms with van der Waals surface area (Å²) in [5.74, 6) is -0.882. The predicted molar refractivity (Wildman–Crippen MR) is 45.7 cm³/mol. The van der Waals surface area contributed by atoms with E-state index in [0.717, 1.165) is 6.07 Å². The molecule has 0 aliphatic carbocycles. The third-order valence-corrected chi connectivity index (χ3v) is 1.75. The van der Waals surface area contributed by atoms with Crippen LogP contribution in [0.25, 0.3) is 11.5 Å². The number of nitrogens with one attached hydrogen (secondary N) is 1. The highest BCUT2D eigenvalue weighted by Gasteiger charge is 2.34. The Labute approximate surface area is 81.9 Å². The molecule has 0 spiro atoms. The first-order valence-corrected chi connectivity index (χ1v) is 3.95. The van der Waals surface area contributed by atoms with Crippen LogP contribution in [0.3, 0.4) is 0 Å². The zero-order valence-corrected chi connectivity index (χ0v) is 7.30. The molecule has 0 saturated heterocycles. The van der Waals surface area contributed by atoms with Crippen molar-refractivity contribution in [2.45, 2.75) is 6.18 Å². The van der Waals surface area contributed by atoms with Gasteiger partial charge in [-0.05, 0) is 12.1 Å². The van der Waals surface area contributed by atoms with Crippen LogP contribution in [0, 0.1) is 0 Å². The molecule has 0 aromatic carbocycles. The van der Waals surface area contributed by atoms with Crippen molar-refractivity contribution in [3.05, 3.63) is 24.1 Å². The molecule has 0 aliphatic heterocycles. The molecule has 0 fully saturated rings. The summed E-state index contributed by atoms with van der Waals surface area (Å²) in [6.07, 6.45) is -3.18. The molecule has 0 unspecified atom stereocenters. The van der Waals surface area contributed by atoms with Gasteiger partial charge in [0.15, 0.2) is 11.7 Å². The standard InChI is InChI=1S/C8H6F3N3O/c9-8(10,11)6-2-1-5(15-6)4-3-13-7(12)14-4/h1-3H,(H3,12,13,14). The van der Waals surface area contributed by atoms with E-state index in [1.54, 1.807) is 0 Å². The Morgan fingerprint density at radius 3 is 2.53 bits per heavy atom. The molecule has 3 N–H and O–H groups in total. The number of H-pyrrole nitrogens is 1. The first-order chi connectivity index (χ1) is 6.97. The fraction of sp³-hybridized carbons (Fsp3) is 0.125. The van der Waals surface area contributed by atoms with Crippen molar-refractivity contribution < 1.29 is 17.6 Å². The van der Waals surface area contributed by atoms with Gasteiger partial charge >= 0.3 is 6.18 Å². The van der Waals surface area contributed by atoms with Crippen LogP contribution in [0.1, 0.15) is 5.76 Å². The number of imidazole rings is 1. The lowest BCUT2D eigenvalue weighted by molar-refractivity contribution is -0.152. The minimum atomic E-state index is -4.48. The number of anilines is 1. The Kier molecular flexibility index (Phi) is 1.95. The second-order valence-corrected chi connectivity index (χ2v) is 2.84. The summed E-state index contributed by atoms with van der Waals surface area (Å²) in [4.78, 5) is 6.21. The predicted octanol–water partition coefficient (Wildman–Crippen LogP) is 2.27. The average molecular weight is 217 g/mol. The summed E-state index contributed by atoms with van der Waals surface area (Å²) in [7, 11) is 0. The van der Waals surface area contributed by atoms with E-state index in [4.69, 9.17) is 5.73 Å². The van der Waals surface area contributed by atoms with E-state index in [0.29, 0.717) is 5.69 Å². The van der Waals surface area contributed by atoms with E-state index >= 15 is 0 Å². The molecule has 4 nitrogen and oxygen atoms in total. The molecule has 0 aliphatic rings. The molecule has 2 heterocycles. The molecule has 0 atom stereocenters. The summed E-state index contributed by atoms with van der Waals surface area (Å²) < 4.78 is 41.1. The van der Waals surface area contributed by atoms with E-state index in [1.807, 2.05) is 0 Å². The van der Waals surface area contributed by atoms with Crippen molar-refractivity contribution in [3.63, 3.8) is 0 Å². The van der Waals surface area contributed by atoms with Gasteiger partial charge in [-0.1, -0.05) is 0 Å². The number of hydrogen-bond acceptors (Lipinski definition) is 3. The van der Waals surface area contributed by atoms with Crippen LogP contribution in [0.5, 0.6) is 0 Å². The van der Waals surface area contributed by atoms with E-state index in [-0.39, 0.29) is 11.7 Å². The summed E-state index contributed by atoms with van der Waals surface area (Å²) in [6, 6.07) is 2.06. The van der Waals surface area contributed by atoms with Gasteiger partial charge in [0.2, 0.25) is 5.76 Å². The van der Waals surface area contributed by atoms with Crippen LogP contribution >= 0.6 is 0 Å². The van der Waals surface area contributed by atoms with E-state index < -0.39 is 11.9 Å². The Morgan fingerprint density at radius 1 is 1.33 bits per heavy atom. The lowest BCUT2D eigenvalue weighted by atomic mass is 10.3. The van der Waals surface area contributed by atoms with Crippen molar-refractivity contribution in [1.82, 2.24) is 9.97 Å². The van der Waals surface area contributed by atoms with Crippen molar-refractivity contribution in [2.75, 3.05) is 5.73 Å². The van der Waals surface area contributed by atoms with Crippen LogP contribution < -0.4 is 5.73 Å². The highest BCUT2D eigenvalue weighted by atomic mass is 19.4. The zero-order valence-electron chi connectivity index (χ0n) is 7.30. The first kappa shape index (κ1) is 9.63. The topological polar surface area (TPSA) is 67.8 Å². The van der Waals surface area contributed by atoms with Crippen molar-refractivity contribution in [1.29, 1.82) is 0 Å². The summed E-state index contributed by atoms with van der Waals surface area (Å²) in [5.41, 5.74) is 5.59. The van der Waals surface area contributed by atoms with Crippen molar-refractivity contribution in [3.8, 4) is 11.5 Å². The molecule has 15 heavy (non-hydrogen) atoms. The largest absolute Gasteiger partial charge is 0.450 e. The van der Waals surface area contributed by atoms with Gasteiger partial charge in [-0.2, -0.15) is 13.2 Å². The highest BCUT2D eigenvalue weighted by molar-refractivity contribution is 5.53. The number of aromatic amines is 1. The number of hydrogen-bond donors (Lipinski definition) is 2. The first-order valence-electron chi connectivity index (χ1n) is 3.95. The monoisotopic (exact) mass is 217 g/mol. The van der Waals surface area contributed by atoms with Gasteiger partial charge in [-0.3, -0.25) is 0 Å². The van der Waals surface area contributed by atoms with E-state index in [2.05, 4.69) is 14.4 Å². The summed E-state index contributed by atoms with van der Waals surface area (Å²) >= 11 is 0. The van der Waals surface area contributed by atoms with Gasteiger partial charge in [0.05, 0.1) is 6.20 Å². The van der Waals surface area contributed by atoms with Gasteiger partial charge < -0.3 is 15.1 Å². The number of alkyl halides is 3. The Bertz CT molecular complexity index is 471. The molecule has 2 aromatic heterocycles. The minimum Gasteiger partial charge on any atom is -0.450 e. The van der Waals surface area contributed by atoms with Gasteiger partial charge in [0.1, 0.15) is 5.69 Å². The van der Waals surface area contributed by atoms with Crippen LogP contribution in [0.2, 0.25) is 0 Å². The number of aromatic nitrogens is 2. The molecule has 2 rings (SSSR count). The number of furan rings is 1. The quantitative estimate of drug-likeness (QED) is 0.769. The SMILES string of the molecule is Nc1ncc(-c2ccc(C(F)(F)F)o2)[nH]1. The maximum absolute atomic E-state index is 12.2. The maximum atomic E-state index is 12.2. The van der Waals surface area contributed by atoms with Crippen LogP contribution in [-0.4, -0.2) is 9.97 Å². The zero-order chi connectivity index (χ0) is 11.1. The molecular weight excluding hydrogens is 211 g/mol. The minimum absolute atomic E-state index is 0.0477. The molecular formula is C8H6F3N3O. The number of nitrogen functional groups attached to an aromatic ring is 1. The average Bonchev–Trinajstić information content (AvgIpc) is 2.69. The number of nitrogens with two attached hydrogens (primary N) is 1. The number of halogens is 3. The summed E-state index contributed by atoms with van der Waals surface area (Å²) in [6.45, 7) is 0. The molecule has 0 radical (unpaired) electrons. The van der Waals surface area contributed by atoms with Crippen LogP contribution in [-0.2, 0) is 6.18 Å². The van der Waals surface area contributed by atoms with Gasteiger partial charge in [0.25, 0.3) is 0 Å². The number of rotatable bonds is 1. The van der Waals surface area contributed by atoms with E-state index in [1.165, 1.54) is 12.3 Å². The molecule has 0 saturated carbocycles. The van der Waals surface area contributed by atoms with Gasteiger partial charge in [0, 0.05) is 0 Å². The molecule has 7 heteroatoms. The molecule has 0 bridgehead atoms. The second kappa shape index (κ2) is 3.04. The lowest BCUT2D eigenvalue weighted by Crippen LogP contribution is -2.01. The second-order valence-electron chi connectivity index (χ2n) is 2.84. The Balaban J connectivity index is 2.36. The third kappa shape index (κ3) is 1.80. The van der Waals surface area contributed by atoms with Crippen molar-refractivity contribution >= 4 is 5.95 Å². The smallest absolute Gasteiger partial charge is 0.449 e. The Hall–Kier alpha value is -1.92. The molecule has 2 aromatic rings. The third-order valence-electron chi connectivity index (χ3n) is 1.75. The normalized spacial score (nSPS) is 11.9. The summed E-state index contributed by atoms with van der Waals surface area (Å²) in [5, 5.41) is 0. The maximum Gasteiger partial charge on any atom is 0.449 e. The molecule has 0 amide bonds. The fourth-order valence-electron chi connectivity index (χ4n) is 1.10. The van der Waals surface area contributed by atoms with Crippen molar-refractivity contribution in [2.24, 2.45) is 0 Å². The fourth-order valence-corrected chi connectivity index (χ4v) is 1.10. The Morgan fingerprint density at radius 2 is 2.07 bits per heavy atom. The number of nitrogens with zero attached hydrogens (tertiary/aromatic N) is 1. The van der Waals surface area contributed by atoms with Crippen LogP contribution in [0.4, 0.5) is 19.1 Å². The lowest BCUT2D eigenvalue weighted by Gasteiger charge is -2.00. The highest BCUT2D eigenvalue weighted by Crippen LogP contribution is 2.33. The van der Waals surface area contributed by atoms with Gasteiger partial charge in [-0.15, -0.1) is 0 Å². The molecule has 80 valence electrons. The van der Waals surface area contributed by atoms with Crippen LogP contribution in [0.15, 0.2) is 22.7 Å².